The Morgan fingerprint density at radius 3 is 2.45 bits per heavy atom. The Balaban J connectivity index is 1.67. The molecule has 1 fully saturated rings. The molecule has 0 saturated carbocycles. The van der Waals surface area contributed by atoms with Crippen molar-refractivity contribution in [3.8, 4) is 0 Å². The zero-order valence-corrected chi connectivity index (χ0v) is 19.3. The first-order chi connectivity index (χ1) is 16.1. The number of aliphatic hydroxyl groups is 2. The minimum absolute atomic E-state index is 0.00511. The van der Waals surface area contributed by atoms with Crippen LogP contribution in [-0.2, 0) is 27.4 Å². The van der Waals surface area contributed by atoms with Gasteiger partial charge in [-0.2, -0.15) is 11.8 Å². The monoisotopic (exact) mass is 473 g/mol. The zero-order chi connectivity index (χ0) is 23.5. The molecule has 0 aliphatic carbocycles. The fraction of sp³-hybridized carbons (Fsp3) is 0.400. The summed E-state index contributed by atoms with van der Waals surface area (Å²) in [4.78, 5) is 11.6. The van der Waals surface area contributed by atoms with E-state index in [0.717, 1.165) is 28.0 Å². The molecule has 178 valence electrons. The summed E-state index contributed by atoms with van der Waals surface area (Å²) in [5.41, 5.74) is 3.71. The highest BCUT2D eigenvalue weighted by Gasteiger charge is 2.32. The Morgan fingerprint density at radius 2 is 1.79 bits per heavy atom. The first-order valence-corrected chi connectivity index (χ1v) is 12.1. The van der Waals surface area contributed by atoms with Gasteiger partial charge in [-0.1, -0.05) is 61.2 Å². The van der Waals surface area contributed by atoms with Crippen molar-refractivity contribution in [2.45, 2.75) is 38.1 Å². The number of nitrogens with one attached hydrogen (secondary N) is 1. The molecular weight excluding hydrogens is 442 g/mol. The largest absolute Gasteiger partial charge is 0.445 e. The van der Waals surface area contributed by atoms with Gasteiger partial charge in [-0.3, -0.25) is 0 Å². The van der Waals surface area contributed by atoms with Crippen LogP contribution in [0.4, 0.5) is 4.79 Å². The average molecular weight is 474 g/mol. The van der Waals surface area contributed by atoms with Crippen molar-refractivity contribution in [2.75, 3.05) is 24.7 Å². The van der Waals surface area contributed by atoms with Crippen LogP contribution in [0.5, 0.6) is 0 Å². The van der Waals surface area contributed by atoms with E-state index >= 15 is 0 Å². The Bertz CT molecular complexity index is 873. The number of rotatable bonds is 11. The van der Waals surface area contributed by atoms with Gasteiger partial charge < -0.3 is 29.7 Å². The Morgan fingerprint density at radius 1 is 1.09 bits per heavy atom. The third kappa shape index (κ3) is 7.87. The summed E-state index contributed by atoms with van der Waals surface area (Å²) in [5, 5.41) is 21.1. The van der Waals surface area contributed by atoms with Crippen LogP contribution in [0.25, 0.3) is 0 Å². The standard InChI is InChI=1S/C25H31NO6S/c1-2-12-30-25(29)26-15-18-3-9-21(10-4-18)24-31-22(17-33-13-11-27)14-23(32-24)20-7-5-19(16-28)6-8-20/h2-10,22-24,27-28H,1,11-17H2,(H,26,29). The molecule has 0 aromatic heterocycles. The van der Waals surface area contributed by atoms with Gasteiger partial charge in [0, 0.05) is 30.0 Å². The number of hydrogen-bond acceptors (Lipinski definition) is 7. The van der Waals surface area contributed by atoms with E-state index in [0.29, 0.717) is 18.7 Å². The first kappa shape index (κ1) is 25.3. The summed E-state index contributed by atoms with van der Waals surface area (Å²) in [6.45, 7) is 4.18. The number of thioether (sulfide) groups is 1. The quantitative estimate of drug-likeness (QED) is 0.337. The van der Waals surface area contributed by atoms with Crippen molar-refractivity contribution >= 4 is 17.9 Å². The summed E-state index contributed by atoms with van der Waals surface area (Å²) >= 11 is 1.66. The summed E-state index contributed by atoms with van der Waals surface area (Å²) < 4.78 is 17.5. The van der Waals surface area contributed by atoms with E-state index in [-0.39, 0.29) is 32.0 Å². The predicted octanol–water partition coefficient (Wildman–Crippen LogP) is 3.86. The minimum atomic E-state index is -0.527. The van der Waals surface area contributed by atoms with Crippen LogP contribution >= 0.6 is 11.8 Å². The molecule has 7 nitrogen and oxygen atoms in total. The molecule has 8 heteroatoms. The molecule has 0 radical (unpaired) electrons. The van der Waals surface area contributed by atoms with Crippen molar-refractivity contribution in [1.29, 1.82) is 0 Å². The van der Waals surface area contributed by atoms with Gasteiger partial charge in [0.2, 0.25) is 0 Å². The lowest BCUT2D eigenvalue weighted by molar-refractivity contribution is -0.245. The zero-order valence-electron chi connectivity index (χ0n) is 18.5. The third-order valence-electron chi connectivity index (χ3n) is 5.18. The number of alkyl carbamates (subject to hydrolysis) is 1. The Labute approximate surface area is 198 Å². The van der Waals surface area contributed by atoms with E-state index in [1.165, 1.54) is 6.08 Å². The van der Waals surface area contributed by atoms with Gasteiger partial charge in [0.25, 0.3) is 0 Å². The number of ether oxygens (including phenoxy) is 3. The van der Waals surface area contributed by atoms with Gasteiger partial charge in [0.05, 0.1) is 25.4 Å². The molecule has 1 amide bonds. The van der Waals surface area contributed by atoms with Gasteiger partial charge in [-0.05, 0) is 16.7 Å². The molecular formula is C25H31NO6S. The van der Waals surface area contributed by atoms with Crippen LogP contribution in [0.1, 0.15) is 41.1 Å². The molecule has 1 heterocycles. The third-order valence-corrected chi connectivity index (χ3v) is 6.25. The lowest BCUT2D eigenvalue weighted by Crippen LogP contribution is -2.31. The highest BCUT2D eigenvalue weighted by molar-refractivity contribution is 7.99. The highest BCUT2D eigenvalue weighted by Crippen LogP contribution is 2.38. The van der Waals surface area contributed by atoms with E-state index < -0.39 is 12.4 Å². The molecule has 1 aliphatic rings. The van der Waals surface area contributed by atoms with E-state index in [4.69, 9.17) is 19.3 Å². The van der Waals surface area contributed by atoms with Crippen molar-refractivity contribution in [3.05, 3.63) is 83.4 Å². The van der Waals surface area contributed by atoms with Gasteiger partial charge in [0.15, 0.2) is 6.29 Å². The predicted molar refractivity (Wildman–Crippen MR) is 128 cm³/mol. The Kier molecular flexibility index (Phi) is 10.2. The van der Waals surface area contributed by atoms with E-state index in [2.05, 4.69) is 11.9 Å². The maximum Gasteiger partial charge on any atom is 0.407 e. The smallest absolute Gasteiger partial charge is 0.407 e. The van der Waals surface area contributed by atoms with Gasteiger partial charge >= 0.3 is 6.09 Å². The van der Waals surface area contributed by atoms with Crippen molar-refractivity contribution in [1.82, 2.24) is 5.32 Å². The second kappa shape index (κ2) is 13.4. The normalized spacial score (nSPS) is 20.2. The van der Waals surface area contributed by atoms with Crippen LogP contribution in [0, 0.1) is 0 Å². The number of carbonyl (C=O) groups is 1. The maximum atomic E-state index is 11.6. The first-order valence-electron chi connectivity index (χ1n) is 10.9. The molecule has 2 aromatic carbocycles. The number of amides is 1. The van der Waals surface area contributed by atoms with Gasteiger partial charge in [0.1, 0.15) is 6.61 Å². The molecule has 1 aliphatic heterocycles. The molecule has 3 atom stereocenters. The van der Waals surface area contributed by atoms with Gasteiger partial charge in [-0.25, -0.2) is 4.79 Å². The molecule has 3 unspecified atom stereocenters. The number of benzene rings is 2. The fourth-order valence-corrected chi connectivity index (χ4v) is 4.23. The van der Waals surface area contributed by atoms with Crippen LogP contribution in [-0.4, -0.2) is 47.1 Å². The van der Waals surface area contributed by atoms with E-state index in [1.807, 2.05) is 48.5 Å². The second-order valence-electron chi connectivity index (χ2n) is 7.63. The van der Waals surface area contributed by atoms with E-state index in [9.17, 15) is 9.90 Å². The highest BCUT2D eigenvalue weighted by atomic mass is 32.2. The summed E-state index contributed by atoms with van der Waals surface area (Å²) in [5.74, 6) is 1.43. The molecule has 0 spiro atoms. The van der Waals surface area contributed by atoms with Crippen LogP contribution in [0.15, 0.2) is 61.2 Å². The summed E-state index contributed by atoms with van der Waals surface area (Å²) in [7, 11) is 0. The second-order valence-corrected chi connectivity index (χ2v) is 8.78. The maximum absolute atomic E-state index is 11.6. The molecule has 2 aromatic rings. The van der Waals surface area contributed by atoms with Crippen LogP contribution in [0.2, 0.25) is 0 Å². The molecule has 3 rings (SSSR count). The SMILES string of the molecule is C=CCOC(=O)NCc1ccc(C2OC(CSCCO)CC(c3ccc(CO)cc3)O2)cc1. The summed E-state index contributed by atoms with van der Waals surface area (Å²) in [6, 6.07) is 15.5. The Hall–Kier alpha value is -2.36. The van der Waals surface area contributed by atoms with Crippen LogP contribution in [0.3, 0.4) is 0 Å². The van der Waals surface area contributed by atoms with Crippen LogP contribution < -0.4 is 5.32 Å². The van der Waals surface area contributed by atoms with Crippen molar-refractivity contribution in [3.63, 3.8) is 0 Å². The summed E-state index contributed by atoms with van der Waals surface area (Å²) in [6.07, 6.45) is 1.04. The molecule has 3 N–H and O–H groups in total. The number of hydrogen-bond donors (Lipinski definition) is 3. The lowest BCUT2D eigenvalue weighted by Gasteiger charge is -2.36. The minimum Gasteiger partial charge on any atom is -0.445 e. The number of aliphatic hydroxyl groups excluding tert-OH is 2. The number of carbonyl (C=O) groups excluding carboxylic acids is 1. The van der Waals surface area contributed by atoms with Crippen molar-refractivity contribution < 1.29 is 29.2 Å². The molecule has 0 bridgehead atoms. The fourth-order valence-electron chi connectivity index (χ4n) is 3.45. The lowest BCUT2D eigenvalue weighted by atomic mass is 10.0. The van der Waals surface area contributed by atoms with Crippen molar-refractivity contribution in [2.24, 2.45) is 0 Å². The van der Waals surface area contributed by atoms with E-state index in [1.54, 1.807) is 11.8 Å². The molecule has 33 heavy (non-hydrogen) atoms. The van der Waals surface area contributed by atoms with Gasteiger partial charge in [-0.15, -0.1) is 0 Å². The molecule has 1 saturated heterocycles. The average Bonchev–Trinajstić information content (AvgIpc) is 2.86. The topological polar surface area (TPSA) is 97.3 Å².